The van der Waals surface area contributed by atoms with E-state index >= 15 is 0 Å². The Kier molecular flexibility index (Phi) is 4.09. The molecule has 3 aromatic rings. The van der Waals surface area contributed by atoms with E-state index < -0.39 is 0 Å². The summed E-state index contributed by atoms with van der Waals surface area (Å²) in [6, 6.07) is 8.77. The van der Waals surface area contributed by atoms with Gasteiger partial charge in [0, 0.05) is 23.5 Å². The summed E-state index contributed by atoms with van der Waals surface area (Å²) in [5.74, 6) is 1.60. The molecular weight excluding hydrogens is 356 g/mol. The largest absolute Gasteiger partial charge is 0.342 e. The highest BCUT2D eigenvalue weighted by atomic mass is 32.2. The predicted octanol–water partition coefficient (Wildman–Crippen LogP) is 3.70. The van der Waals surface area contributed by atoms with Crippen LogP contribution in [0.5, 0.6) is 0 Å². The zero-order chi connectivity index (χ0) is 18.4. The molecule has 1 saturated heterocycles. The predicted molar refractivity (Wildman–Crippen MR) is 108 cm³/mol. The van der Waals surface area contributed by atoms with Crippen molar-refractivity contribution in [1.29, 1.82) is 0 Å². The number of imidazole rings is 1. The molecule has 1 saturated carbocycles. The van der Waals surface area contributed by atoms with Crippen LogP contribution in [0.4, 0.5) is 5.95 Å². The number of fused-ring (bicyclic) bond motifs is 1. The van der Waals surface area contributed by atoms with Gasteiger partial charge in [-0.25, -0.2) is 9.97 Å². The molecule has 140 valence electrons. The van der Waals surface area contributed by atoms with Crippen LogP contribution in [0.1, 0.15) is 44.1 Å². The maximum atomic E-state index is 6.23. The van der Waals surface area contributed by atoms with Crippen molar-refractivity contribution in [2.45, 2.75) is 54.0 Å². The molecule has 0 bridgehead atoms. The SMILES string of the molecule is CC1(N)CCN(c2nc3nc(Sc4cccc(C5CC5)c4)cnc3[nH]2)CC1. The quantitative estimate of drug-likeness (QED) is 0.718. The number of nitrogens with zero attached hydrogens (tertiary/aromatic N) is 4. The molecule has 7 heteroatoms. The normalized spacial score (nSPS) is 19.6. The number of hydrogen-bond acceptors (Lipinski definition) is 6. The van der Waals surface area contributed by atoms with Crippen LogP contribution in [0, 0.1) is 0 Å². The van der Waals surface area contributed by atoms with E-state index in [9.17, 15) is 0 Å². The van der Waals surface area contributed by atoms with Crippen molar-refractivity contribution in [3.63, 3.8) is 0 Å². The molecule has 3 N–H and O–H groups in total. The highest BCUT2D eigenvalue weighted by molar-refractivity contribution is 7.99. The first kappa shape index (κ1) is 17.0. The van der Waals surface area contributed by atoms with Crippen LogP contribution >= 0.6 is 11.8 Å². The van der Waals surface area contributed by atoms with Gasteiger partial charge in [0.2, 0.25) is 5.95 Å². The molecule has 1 aliphatic carbocycles. The van der Waals surface area contributed by atoms with Crippen LogP contribution in [0.2, 0.25) is 0 Å². The molecule has 0 atom stereocenters. The van der Waals surface area contributed by atoms with Gasteiger partial charge in [0.05, 0.1) is 6.20 Å². The van der Waals surface area contributed by atoms with Crippen molar-refractivity contribution in [2.75, 3.05) is 18.0 Å². The van der Waals surface area contributed by atoms with Gasteiger partial charge in [-0.2, -0.15) is 4.98 Å². The average molecular weight is 381 g/mol. The Balaban J connectivity index is 1.35. The summed E-state index contributed by atoms with van der Waals surface area (Å²) in [4.78, 5) is 20.7. The van der Waals surface area contributed by atoms with Crippen molar-refractivity contribution in [2.24, 2.45) is 5.73 Å². The topological polar surface area (TPSA) is 83.7 Å². The van der Waals surface area contributed by atoms with E-state index in [-0.39, 0.29) is 5.54 Å². The Hall–Kier alpha value is -2.12. The number of aromatic nitrogens is 4. The lowest BCUT2D eigenvalue weighted by Gasteiger charge is -2.36. The summed E-state index contributed by atoms with van der Waals surface area (Å²) >= 11 is 1.65. The Morgan fingerprint density at radius 3 is 2.81 bits per heavy atom. The van der Waals surface area contributed by atoms with Crippen molar-refractivity contribution < 1.29 is 0 Å². The van der Waals surface area contributed by atoms with E-state index in [1.807, 2.05) is 6.20 Å². The first-order chi connectivity index (χ1) is 13.1. The zero-order valence-electron chi connectivity index (χ0n) is 15.5. The number of hydrogen-bond donors (Lipinski definition) is 2. The van der Waals surface area contributed by atoms with E-state index in [1.165, 1.54) is 23.3 Å². The molecule has 2 fully saturated rings. The lowest BCUT2D eigenvalue weighted by Crippen LogP contribution is -2.48. The molecule has 1 aliphatic heterocycles. The number of benzene rings is 1. The molecule has 2 aliphatic rings. The van der Waals surface area contributed by atoms with Crippen LogP contribution in [0.25, 0.3) is 11.3 Å². The summed E-state index contributed by atoms with van der Waals surface area (Å²) in [6.07, 6.45) is 6.38. The van der Waals surface area contributed by atoms with Crippen LogP contribution in [-0.2, 0) is 0 Å². The molecule has 1 aromatic carbocycles. The molecule has 3 heterocycles. The fourth-order valence-corrected chi connectivity index (χ4v) is 4.38. The molecule has 0 amide bonds. The van der Waals surface area contributed by atoms with Crippen molar-refractivity contribution in [3.05, 3.63) is 36.0 Å². The van der Waals surface area contributed by atoms with Crippen LogP contribution in [-0.4, -0.2) is 38.6 Å². The fourth-order valence-electron chi connectivity index (χ4n) is 3.56. The molecule has 6 nitrogen and oxygen atoms in total. The lowest BCUT2D eigenvalue weighted by atomic mass is 9.91. The molecule has 2 aromatic heterocycles. The monoisotopic (exact) mass is 380 g/mol. The summed E-state index contributed by atoms with van der Waals surface area (Å²) in [6.45, 7) is 3.93. The molecular formula is C20H24N6S. The second-order valence-corrected chi connectivity index (χ2v) is 9.12. The van der Waals surface area contributed by atoms with Gasteiger partial charge in [0.25, 0.3) is 0 Å². The van der Waals surface area contributed by atoms with E-state index in [2.05, 4.69) is 51.0 Å². The number of piperidine rings is 1. The van der Waals surface area contributed by atoms with E-state index in [1.54, 1.807) is 11.8 Å². The second-order valence-electron chi connectivity index (χ2n) is 8.03. The van der Waals surface area contributed by atoms with Gasteiger partial charge in [-0.1, -0.05) is 23.9 Å². The van der Waals surface area contributed by atoms with Crippen LogP contribution in [0.3, 0.4) is 0 Å². The van der Waals surface area contributed by atoms with Gasteiger partial charge in [-0.15, -0.1) is 0 Å². The number of aromatic amines is 1. The minimum Gasteiger partial charge on any atom is -0.342 e. The second kappa shape index (κ2) is 6.49. The van der Waals surface area contributed by atoms with E-state index in [0.29, 0.717) is 5.65 Å². The first-order valence-electron chi connectivity index (χ1n) is 9.60. The summed E-state index contributed by atoms with van der Waals surface area (Å²) in [7, 11) is 0. The van der Waals surface area contributed by atoms with Gasteiger partial charge < -0.3 is 15.6 Å². The summed E-state index contributed by atoms with van der Waals surface area (Å²) in [5.41, 5.74) is 9.01. The van der Waals surface area contributed by atoms with Crippen molar-refractivity contribution >= 4 is 29.0 Å². The third-order valence-corrected chi connectivity index (χ3v) is 6.40. The van der Waals surface area contributed by atoms with Gasteiger partial charge in [-0.05, 0) is 56.2 Å². The van der Waals surface area contributed by atoms with Crippen LogP contribution < -0.4 is 10.6 Å². The average Bonchev–Trinajstić information content (AvgIpc) is 3.42. The number of anilines is 1. The maximum absolute atomic E-state index is 6.23. The molecule has 0 radical (unpaired) electrons. The standard InChI is InChI=1S/C20H24N6S/c1-20(21)7-9-26(10-8-20)19-24-17-18(25-19)23-16(12-22-17)27-15-4-2-3-14(11-15)13-5-6-13/h2-4,11-13H,5-10,21H2,1H3,(H,22,23,24,25). The highest BCUT2D eigenvalue weighted by Crippen LogP contribution is 2.41. The molecule has 0 spiro atoms. The van der Waals surface area contributed by atoms with E-state index in [4.69, 9.17) is 10.7 Å². The Labute approximate surface area is 163 Å². The summed E-state index contributed by atoms with van der Waals surface area (Å²) < 4.78 is 0. The van der Waals surface area contributed by atoms with Crippen molar-refractivity contribution in [3.8, 4) is 0 Å². The minimum absolute atomic E-state index is 0.0716. The third kappa shape index (κ3) is 3.66. The van der Waals surface area contributed by atoms with Gasteiger partial charge >= 0.3 is 0 Å². The van der Waals surface area contributed by atoms with Gasteiger partial charge in [0.15, 0.2) is 11.3 Å². The number of nitrogens with one attached hydrogen (secondary N) is 1. The lowest BCUT2D eigenvalue weighted by molar-refractivity contribution is 0.362. The molecule has 27 heavy (non-hydrogen) atoms. The molecule has 5 rings (SSSR count). The minimum atomic E-state index is -0.0716. The summed E-state index contributed by atoms with van der Waals surface area (Å²) in [5, 5.41) is 0.877. The smallest absolute Gasteiger partial charge is 0.206 e. The number of nitrogens with two attached hydrogens (primary N) is 1. The number of rotatable bonds is 4. The third-order valence-electron chi connectivity index (χ3n) is 5.51. The Morgan fingerprint density at radius 1 is 1.22 bits per heavy atom. The van der Waals surface area contributed by atoms with Crippen molar-refractivity contribution in [1.82, 2.24) is 19.9 Å². The highest BCUT2D eigenvalue weighted by Gasteiger charge is 2.27. The maximum Gasteiger partial charge on any atom is 0.206 e. The van der Waals surface area contributed by atoms with Gasteiger partial charge in [-0.3, -0.25) is 0 Å². The Bertz CT molecular complexity index is 968. The Morgan fingerprint density at radius 2 is 2.04 bits per heavy atom. The van der Waals surface area contributed by atoms with E-state index in [0.717, 1.165) is 48.5 Å². The number of H-pyrrole nitrogens is 1. The first-order valence-corrected chi connectivity index (χ1v) is 10.4. The van der Waals surface area contributed by atoms with Crippen LogP contribution in [0.15, 0.2) is 40.4 Å². The van der Waals surface area contributed by atoms with Gasteiger partial charge in [0.1, 0.15) is 5.03 Å². The molecule has 0 unspecified atom stereocenters. The fraction of sp³-hybridized carbons (Fsp3) is 0.450. The zero-order valence-corrected chi connectivity index (χ0v) is 16.3.